The number of hydrogen-bond acceptors (Lipinski definition) is 7. The number of carbonyl (C=O) groups excluding carboxylic acids is 3. The number of piperidine rings is 1. The van der Waals surface area contributed by atoms with Crippen molar-refractivity contribution in [1.29, 1.82) is 0 Å². The average molecular weight is 520 g/mol. The summed E-state index contributed by atoms with van der Waals surface area (Å²) in [7, 11) is 3.79. The lowest BCUT2D eigenvalue weighted by Gasteiger charge is -2.37. The van der Waals surface area contributed by atoms with Gasteiger partial charge in [0.15, 0.2) is 0 Å². The van der Waals surface area contributed by atoms with Gasteiger partial charge in [0.2, 0.25) is 17.6 Å². The number of aromatic nitrogens is 1. The number of halogens is 1. The molecule has 0 radical (unpaired) electrons. The van der Waals surface area contributed by atoms with E-state index >= 15 is 0 Å². The molecule has 0 bridgehead atoms. The van der Waals surface area contributed by atoms with Crippen molar-refractivity contribution in [2.75, 3.05) is 33.7 Å². The first-order valence-electron chi connectivity index (χ1n) is 12.5. The highest BCUT2D eigenvalue weighted by Crippen LogP contribution is 2.36. The van der Waals surface area contributed by atoms with Gasteiger partial charge in [-0.05, 0) is 90.0 Å². The van der Waals surface area contributed by atoms with Crippen molar-refractivity contribution in [3.63, 3.8) is 0 Å². The zero-order chi connectivity index (χ0) is 25.8. The maximum absolute atomic E-state index is 13.9. The fraction of sp³-hybridized carbons (Fsp3) is 0.538. The Kier molecular flexibility index (Phi) is 8.48. The van der Waals surface area contributed by atoms with Crippen LogP contribution in [0.25, 0.3) is 0 Å². The highest BCUT2D eigenvalue weighted by Gasteiger charge is 2.40. The van der Waals surface area contributed by atoms with Crippen molar-refractivity contribution in [2.24, 2.45) is 5.92 Å². The summed E-state index contributed by atoms with van der Waals surface area (Å²) in [6, 6.07) is 4.17. The number of likely N-dealkylation sites (tertiary alicyclic amines) is 2. The van der Waals surface area contributed by atoms with Crippen LogP contribution in [0.2, 0.25) is 0 Å². The van der Waals surface area contributed by atoms with E-state index in [-0.39, 0.29) is 32.4 Å². The van der Waals surface area contributed by atoms with E-state index in [2.05, 4.69) is 27.6 Å². The van der Waals surface area contributed by atoms with E-state index in [0.717, 1.165) is 38.8 Å². The lowest BCUT2D eigenvalue weighted by Crippen LogP contribution is -2.56. The second-order valence-electron chi connectivity index (χ2n) is 9.73. The van der Waals surface area contributed by atoms with Crippen LogP contribution < -0.4 is 10.6 Å². The largest absolute Gasteiger partial charge is 0.343 e. The highest BCUT2D eigenvalue weighted by molar-refractivity contribution is 7.10. The van der Waals surface area contributed by atoms with Crippen LogP contribution >= 0.6 is 11.3 Å². The molecule has 1 aromatic carbocycles. The Morgan fingerprint density at radius 1 is 1.14 bits per heavy atom. The fourth-order valence-corrected chi connectivity index (χ4v) is 5.86. The van der Waals surface area contributed by atoms with Gasteiger partial charge in [-0.1, -0.05) is 0 Å². The Labute approximate surface area is 218 Å². The second kappa shape index (κ2) is 11.6. The zero-order valence-corrected chi connectivity index (χ0v) is 21.8. The molecule has 2 saturated heterocycles. The summed E-state index contributed by atoms with van der Waals surface area (Å²) >= 11 is 1.36. The average Bonchev–Trinajstić information content (AvgIpc) is 3.57. The topological polar surface area (TPSA) is 94.6 Å². The summed E-state index contributed by atoms with van der Waals surface area (Å²) in [6.07, 6.45) is 3.27. The van der Waals surface area contributed by atoms with Crippen molar-refractivity contribution in [2.45, 2.75) is 50.7 Å². The summed E-state index contributed by atoms with van der Waals surface area (Å²) in [5, 5.41) is 8.40. The predicted molar refractivity (Wildman–Crippen MR) is 141 cm³/mol. The van der Waals surface area contributed by atoms with E-state index < -0.39 is 17.9 Å². The minimum Gasteiger partial charge on any atom is -0.343 e. The molecule has 0 aliphatic carbocycles. The number of hydrogen-bond donors (Lipinski definition) is 2. The van der Waals surface area contributed by atoms with E-state index in [9.17, 15) is 18.8 Å². The molecule has 2 aliphatic rings. The van der Waals surface area contributed by atoms with E-state index in [1.54, 1.807) is 19.4 Å². The number of benzene rings is 1. The Bertz CT molecular complexity index is 1090. The van der Waals surface area contributed by atoms with Crippen LogP contribution in [0.5, 0.6) is 0 Å². The van der Waals surface area contributed by atoms with Crippen molar-refractivity contribution >= 4 is 28.9 Å². The normalized spacial score (nSPS) is 20.8. The summed E-state index contributed by atoms with van der Waals surface area (Å²) in [6.45, 7) is 4.14. The lowest BCUT2D eigenvalue weighted by atomic mass is 9.88. The highest BCUT2D eigenvalue weighted by atomic mass is 32.1. The standard InChI is InChI=1S/C26H34FN5O3S.2H2/c1-16(28-2)24(34)30-22(17-10-13-31(3)14-11-17)26(35)32-12-4-5-21(32)25-29-20(15-36-25)23(33)18-6-8-19(27)9-7-18;;/h6-9,15-17,21-22,28H,4-5,10-14H2,1-3H3,(H,30,34);2*1H/t16-,21-,22-;;/m0../s1. The van der Waals surface area contributed by atoms with Crippen LogP contribution in [0.4, 0.5) is 4.39 Å². The number of nitrogens with zero attached hydrogens (tertiary/aromatic N) is 3. The first-order chi connectivity index (χ1) is 17.3. The van der Waals surface area contributed by atoms with Gasteiger partial charge in [0, 0.05) is 20.3 Å². The quantitative estimate of drug-likeness (QED) is 0.521. The number of likely N-dealkylation sites (N-methyl/N-ethyl adjacent to an activating group) is 1. The minimum absolute atomic E-state index is 0. The molecule has 3 heterocycles. The first kappa shape index (κ1) is 26.4. The van der Waals surface area contributed by atoms with E-state index in [4.69, 9.17) is 0 Å². The van der Waals surface area contributed by atoms with Gasteiger partial charge < -0.3 is 20.4 Å². The smallest absolute Gasteiger partial charge is 0.246 e. The van der Waals surface area contributed by atoms with E-state index in [0.29, 0.717) is 22.8 Å². The molecule has 8 nitrogen and oxygen atoms in total. The van der Waals surface area contributed by atoms with Gasteiger partial charge in [-0.25, -0.2) is 9.37 Å². The molecule has 1 aromatic heterocycles. The van der Waals surface area contributed by atoms with Gasteiger partial charge in [0.05, 0.1) is 12.1 Å². The molecular weight excluding hydrogens is 481 g/mol. The van der Waals surface area contributed by atoms with Crippen molar-refractivity contribution in [1.82, 2.24) is 25.4 Å². The Hall–Kier alpha value is -2.69. The summed E-state index contributed by atoms with van der Waals surface area (Å²) in [4.78, 5) is 48.2. The number of carbonyl (C=O) groups is 3. The summed E-state index contributed by atoms with van der Waals surface area (Å²) in [5.74, 6) is -0.876. The lowest BCUT2D eigenvalue weighted by molar-refractivity contribution is -0.139. The maximum atomic E-state index is 13.9. The predicted octanol–water partition coefficient (Wildman–Crippen LogP) is 3.10. The van der Waals surface area contributed by atoms with Gasteiger partial charge in [-0.2, -0.15) is 0 Å². The molecule has 2 N–H and O–H groups in total. The monoisotopic (exact) mass is 519 g/mol. The van der Waals surface area contributed by atoms with Gasteiger partial charge in [0.1, 0.15) is 22.6 Å². The third-order valence-electron chi connectivity index (χ3n) is 7.31. The summed E-state index contributed by atoms with van der Waals surface area (Å²) < 4.78 is 13.2. The molecule has 4 rings (SSSR count). The minimum atomic E-state index is -0.595. The number of amides is 2. The third-order valence-corrected chi connectivity index (χ3v) is 8.25. The Balaban J connectivity index is 0.00000253. The van der Waals surface area contributed by atoms with Gasteiger partial charge in [-0.15, -0.1) is 11.3 Å². The molecule has 0 spiro atoms. The molecule has 0 unspecified atom stereocenters. The van der Waals surface area contributed by atoms with Crippen molar-refractivity contribution in [3.05, 3.63) is 51.7 Å². The third kappa shape index (κ3) is 5.82. The van der Waals surface area contributed by atoms with Crippen molar-refractivity contribution < 1.29 is 21.6 Å². The molecule has 3 atom stereocenters. The summed E-state index contributed by atoms with van der Waals surface area (Å²) in [5.41, 5.74) is 0.667. The number of ketones is 1. The fourth-order valence-electron chi connectivity index (χ4n) is 4.91. The maximum Gasteiger partial charge on any atom is 0.246 e. The van der Waals surface area contributed by atoms with Gasteiger partial charge in [-0.3, -0.25) is 14.4 Å². The molecule has 2 fully saturated rings. The molecule has 2 aliphatic heterocycles. The Morgan fingerprint density at radius 3 is 2.50 bits per heavy atom. The zero-order valence-electron chi connectivity index (χ0n) is 21.0. The van der Waals surface area contributed by atoms with Crippen LogP contribution in [0.15, 0.2) is 29.6 Å². The molecule has 2 amide bonds. The van der Waals surface area contributed by atoms with E-state index in [1.165, 1.54) is 35.6 Å². The SMILES string of the molecule is CN[C@@H](C)C(=O)N[C@H](C(=O)N1CCC[C@H]1c1nc(C(=O)c2ccc(F)cc2)cs1)C1CCN(C)CC1.[HH].[HH]. The molecule has 0 saturated carbocycles. The second-order valence-corrected chi connectivity index (χ2v) is 10.6. The Morgan fingerprint density at radius 2 is 1.83 bits per heavy atom. The van der Waals surface area contributed by atoms with Crippen LogP contribution in [0.1, 0.15) is 62.6 Å². The van der Waals surface area contributed by atoms with Crippen LogP contribution in [-0.2, 0) is 9.59 Å². The molecule has 198 valence electrons. The number of nitrogens with one attached hydrogen (secondary N) is 2. The first-order valence-corrected chi connectivity index (χ1v) is 13.4. The van der Waals surface area contributed by atoms with Gasteiger partial charge >= 0.3 is 0 Å². The molecular formula is C26H38FN5O3S. The van der Waals surface area contributed by atoms with Crippen LogP contribution in [0, 0.1) is 11.7 Å². The van der Waals surface area contributed by atoms with Crippen LogP contribution in [0.3, 0.4) is 0 Å². The van der Waals surface area contributed by atoms with Crippen LogP contribution in [-0.4, -0.2) is 78.2 Å². The van der Waals surface area contributed by atoms with E-state index in [1.807, 2.05) is 4.90 Å². The number of thiazole rings is 1. The molecule has 2 aromatic rings. The molecule has 10 heteroatoms. The molecule has 36 heavy (non-hydrogen) atoms. The van der Waals surface area contributed by atoms with Crippen molar-refractivity contribution in [3.8, 4) is 0 Å². The van der Waals surface area contributed by atoms with Gasteiger partial charge in [0.25, 0.3) is 0 Å². The number of rotatable bonds is 8.